The molecule has 0 amide bonds. The van der Waals surface area contributed by atoms with Crippen molar-refractivity contribution in [2.24, 2.45) is 7.05 Å². The van der Waals surface area contributed by atoms with Gasteiger partial charge in [-0.1, -0.05) is 17.3 Å². The van der Waals surface area contributed by atoms with Crippen LogP contribution in [0.4, 0.5) is 0 Å². The first kappa shape index (κ1) is 11.6. The zero-order valence-corrected chi connectivity index (χ0v) is 9.87. The second kappa shape index (κ2) is 4.97. The number of nitrogens with zero attached hydrogens (tertiary/aromatic N) is 3. The van der Waals surface area contributed by atoms with Crippen LogP contribution in [0.5, 0.6) is 5.75 Å². The lowest BCUT2D eigenvalue weighted by Gasteiger charge is -2.10. The molecule has 1 aromatic carbocycles. The van der Waals surface area contributed by atoms with Gasteiger partial charge in [-0.25, -0.2) is 4.68 Å². The molecule has 1 heterocycles. The third-order valence-corrected chi connectivity index (χ3v) is 2.65. The number of hydrogen-bond donors (Lipinski definition) is 1. The van der Waals surface area contributed by atoms with E-state index < -0.39 is 6.10 Å². The second-order valence-electron chi connectivity index (χ2n) is 3.85. The highest BCUT2D eigenvalue weighted by molar-refractivity contribution is 5.29. The molecule has 1 N–H and O–H groups in total. The van der Waals surface area contributed by atoms with Crippen LogP contribution in [0.3, 0.4) is 0 Å². The minimum atomic E-state index is -0.609. The number of aryl methyl sites for hydroxylation is 1. The number of aromatic nitrogens is 3. The van der Waals surface area contributed by atoms with E-state index in [0.29, 0.717) is 12.1 Å². The molecular formula is C12H15N3O2. The number of aliphatic hydroxyl groups is 1. The molecule has 17 heavy (non-hydrogen) atoms. The molecule has 2 rings (SSSR count). The highest BCUT2D eigenvalue weighted by Gasteiger charge is 2.13. The lowest BCUT2D eigenvalue weighted by Crippen LogP contribution is -2.07. The van der Waals surface area contributed by atoms with Crippen molar-refractivity contribution in [2.75, 3.05) is 7.11 Å². The van der Waals surface area contributed by atoms with E-state index in [1.54, 1.807) is 25.0 Å². The van der Waals surface area contributed by atoms with Crippen molar-refractivity contribution in [3.8, 4) is 5.75 Å². The van der Waals surface area contributed by atoms with Crippen LogP contribution in [-0.2, 0) is 13.5 Å². The van der Waals surface area contributed by atoms with Gasteiger partial charge in [0.15, 0.2) is 0 Å². The van der Waals surface area contributed by atoms with E-state index in [1.165, 1.54) is 0 Å². The molecule has 1 atom stereocenters. The molecule has 0 fully saturated rings. The van der Waals surface area contributed by atoms with E-state index in [9.17, 15) is 5.11 Å². The molecule has 0 aliphatic rings. The molecule has 1 unspecified atom stereocenters. The fraction of sp³-hybridized carbons (Fsp3) is 0.333. The smallest absolute Gasteiger partial charge is 0.119 e. The van der Waals surface area contributed by atoms with Gasteiger partial charge in [-0.2, -0.15) is 0 Å². The summed E-state index contributed by atoms with van der Waals surface area (Å²) in [4.78, 5) is 0. The van der Waals surface area contributed by atoms with Gasteiger partial charge >= 0.3 is 0 Å². The van der Waals surface area contributed by atoms with E-state index in [4.69, 9.17) is 4.74 Å². The van der Waals surface area contributed by atoms with Crippen LogP contribution in [0.25, 0.3) is 0 Å². The van der Waals surface area contributed by atoms with Gasteiger partial charge in [-0.05, 0) is 17.7 Å². The Bertz CT molecular complexity index is 496. The summed E-state index contributed by atoms with van der Waals surface area (Å²) in [6, 6.07) is 7.65. The fourth-order valence-corrected chi connectivity index (χ4v) is 1.73. The monoisotopic (exact) mass is 233 g/mol. The highest BCUT2D eigenvalue weighted by Crippen LogP contribution is 2.19. The zero-order valence-electron chi connectivity index (χ0n) is 9.87. The normalized spacial score (nSPS) is 12.4. The third kappa shape index (κ3) is 2.62. The summed E-state index contributed by atoms with van der Waals surface area (Å²) >= 11 is 0. The Kier molecular flexibility index (Phi) is 3.39. The third-order valence-electron chi connectivity index (χ3n) is 2.65. The number of aliphatic hydroxyl groups excluding tert-OH is 1. The first-order valence-electron chi connectivity index (χ1n) is 5.36. The molecule has 1 aromatic heterocycles. The van der Waals surface area contributed by atoms with Crippen LogP contribution in [0.2, 0.25) is 0 Å². The van der Waals surface area contributed by atoms with Crippen LogP contribution in [0.15, 0.2) is 30.5 Å². The van der Waals surface area contributed by atoms with Crippen molar-refractivity contribution in [3.63, 3.8) is 0 Å². The maximum absolute atomic E-state index is 10.1. The Labute approximate surface area is 99.7 Å². The molecular weight excluding hydrogens is 218 g/mol. The molecule has 0 aliphatic carbocycles. The topological polar surface area (TPSA) is 60.2 Å². The first-order chi connectivity index (χ1) is 8.20. The quantitative estimate of drug-likeness (QED) is 0.859. The van der Waals surface area contributed by atoms with Crippen LogP contribution in [-0.4, -0.2) is 27.2 Å². The Morgan fingerprint density at radius 3 is 2.94 bits per heavy atom. The summed E-state index contributed by atoms with van der Waals surface area (Å²) in [6.07, 6.45) is 1.48. The van der Waals surface area contributed by atoms with Crippen molar-refractivity contribution in [1.82, 2.24) is 15.0 Å². The average Bonchev–Trinajstić information content (AvgIpc) is 2.76. The number of methoxy groups -OCH3 is 1. The highest BCUT2D eigenvalue weighted by atomic mass is 16.5. The Morgan fingerprint density at radius 2 is 2.29 bits per heavy atom. The predicted molar refractivity (Wildman–Crippen MR) is 62.7 cm³/mol. The lowest BCUT2D eigenvalue weighted by atomic mass is 10.1. The van der Waals surface area contributed by atoms with Crippen molar-refractivity contribution in [2.45, 2.75) is 12.5 Å². The minimum Gasteiger partial charge on any atom is -0.497 e. The van der Waals surface area contributed by atoms with Crippen LogP contribution >= 0.6 is 0 Å². The van der Waals surface area contributed by atoms with Gasteiger partial charge in [-0.3, -0.25) is 0 Å². The SMILES string of the molecule is COc1cccc(CC(O)c2cnnn2C)c1. The van der Waals surface area contributed by atoms with Gasteiger partial charge in [0, 0.05) is 13.5 Å². The lowest BCUT2D eigenvalue weighted by molar-refractivity contribution is 0.168. The number of ether oxygens (including phenoxy) is 1. The molecule has 0 radical (unpaired) electrons. The summed E-state index contributed by atoms with van der Waals surface area (Å²) in [5, 5.41) is 17.6. The summed E-state index contributed by atoms with van der Waals surface area (Å²) in [5.74, 6) is 0.790. The minimum absolute atomic E-state index is 0.512. The largest absolute Gasteiger partial charge is 0.497 e. The average molecular weight is 233 g/mol. The zero-order chi connectivity index (χ0) is 12.3. The van der Waals surface area contributed by atoms with E-state index in [1.807, 2.05) is 24.3 Å². The van der Waals surface area contributed by atoms with Gasteiger partial charge in [-0.15, -0.1) is 5.10 Å². The van der Waals surface area contributed by atoms with Crippen molar-refractivity contribution < 1.29 is 9.84 Å². The maximum atomic E-state index is 10.1. The molecule has 5 heteroatoms. The number of hydrogen-bond acceptors (Lipinski definition) is 4. The maximum Gasteiger partial charge on any atom is 0.119 e. The predicted octanol–water partition coefficient (Wildman–Crippen LogP) is 1.10. The molecule has 0 bridgehead atoms. The van der Waals surface area contributed by atoms with E-state index in [2.05, 4.69) is 10.3 Å². The van der Waals surface area contributed by atoms with Gasteiger partial charge in [0.2, 0.25) is 0 Å². The van der Waals surface area contributed by atoms with Crippen molar-refractivity contribution in [3.05, 3.63) is 41.7 Å². The van der Waals surface area contributed by atoms with Crippen molar-refractivity contribution in [1.29, 1.82) is 0 Å². The van der Waals surface area contributed by atoms with E-state index >= 15 is 0 Å². The number of rotatable bonds is 4. The molecule has 90 valence electrons. The van der Waals surface area contributed by atoms with Crippen molar-refractivity contribution >= 4 is 0 Å². The van der Waals surface area contributed by atoms with Gasteiger partial charge in [0.25, 0.3) is 0 Å². The Morgan fingerprint density at radius 1 is 1.47 bits per heavy atom. The van der Waals surface area contributed by atoms with Gasteiger partial charge in [0.1, 0.15) is 11.9 Å². The molecule has 0 spiro atoms. The molecule has 0 saturated carbocycles. The van der Waals surface area contributed by atoms with Gasteiger partial charge in [0.05, 0.1) is 19.0 Å². The molecule has 2 aromatic rings. The summed E-state index contributed by atoms with van der Waals surface area (Å²) in [7, 11) is 3.39. The van der Waals surface area contributed by atoms with Crippen LogP contribution in [0.1, 0.15) is 17.4 Å². The van der Waals surface area contributed by atoms with Crippen LogP contribution < -0.4 is 4.74 Å². The Hall–Kier alpha value is -1.88. The number of benzene rings is 1. The van der Waals surface area contributed by atoms with Crippen LogP contribution in [0, 0.1) is 0 Å². The molecule has 0 saturated heterocycles. The van der Waals surface area contributed by atoms with E-state index in [0.717, 1.165) is 11.3 Å². The molecule has 0 aliphatic heterocycles. The first-order valence-corrected chi connectivity index (χ1v) is 5.36. The molecule has 5 nitrogen and oxygen atoms in total. The Balaban J connectivity index is 2.13. The summed E-state index contributed by atoms with van der Waals surface area (Å²) in [6.45, 7) is 0. The standard InChI is InChI=1S/C12H15N3O2/c1-15-11(8-13-14-15)12(16)7-9-4-3-5-10(6-9)17-2/h3-6,8,12,16H,7H2,1-2H3. The summed E-state index contributed by atoms with van der Waals surface area (Å²) in [5.41, 5.74) is 1.71. The second-order valence-corrected chi connectivity index (χ2v) is 3.85. The van der Waals surface area contributed by atoms with Gasteiger partial charge < -0.3 is 9.84 Å². The fourth-order valence-electron chi connectivity index (χ4n) is 1.73. The van der Waals surface area contributed by atoms with E-state index in [-0.39, 0.29) is 0 Å². The summed E-state index contributed by atoms with van der Waals surface area (Å²) < 4.78 is 6.71.